The molecule has 0 fully saturated rings. The Hall–Kier alpha value is -2.14. The zero-order chi connectivity index (χ0) is 12.7. The molecule has 0 saturated heterocycles. The van der Waals surface area contributed by atoms with Gasteiger partial charge in [0.15, 0.2) is 12.0 Å². The molecule has 6 heteroatoms. The van der Waals surface area contributed by atoms with E-state index < -0.39 is 17.8 Å². The molecular weight excluding hydrogens is 226 g/mol. The van der Waals surface area contributed by atoms with E-state index in [-0.39, 0.29) is 6.61 Å². The summed E-state index contributed by atoms with van der Waals surface area (Å²) < 4.78 is 0. The maximum absolute atomic E-state index is 10.6. The van der Waals surface area contributed by atoms with Gasteiger partial charge in [-0.05, 0) is 5.56 Å². The molecule has 0 aromatic heterocycles. The van der Waals surface area contributed by atoms with Gasteiger partial charge < -0.3 is 10.2 Å². The van der Waals surface area contributed by atoms with Crippen LogP contribution in [0.4, 0.5) is 0 Å². The zero-order valence-corrected chi connectivity index (χ0v) is 8.79. The fourth-order valence-corrected chi connectivity index (χ4v) is 1.06. The number of benzene rings is 1. The summed E-state index contributed by atoms with van der Waals surface area (Å²) in [5, 5.41) is 17.6. The first-order valence-electron chi connectivity index (χ1n) is 4.73. The highest BCUT2D eigenvalue weighted by Crippen LogP contribution is 2.01. The Kier molecular flexibility index (Phi) is 4.90. The third-order valence-electron chi connectivity index (χ3n) is 1.91. The van der Waals surface area contributed by atoms with Gasteiger partial charge in [-0.2, -0.15) is 5.48 Å². The van der Waals surface area contributed by atoms with Crippen LogP contribution >= 0.6 is 0 Å². The molecule has 1 rings (SSSR count). The second-order valence-corrected chi connectivity index (χ2v) is 3.15. The van der Waals surface area contributed by atoms with Crippen LogP contribution in [0.5, 0.6) is 0 Å². The Labute approximate surface area is 97.1 Å². The van der Waals surface area contributed by atoms with Crippen LogP contribution in [0.3, 0.4) is 0 Å². The molecule has 0 heterocycles. The summed E-state index contributed by atoms with van der Waals surface area (Å²) in [6.07, 6.45) is 0. The smallest absolute Gasteiger partial charge is 0.331 e. The monoisotopic (exact) mass is 237 g/mol. The Balaban J connectivity index is 2.49. The van der Waals surface area contributed by atoms with Crippen LogP contribution in [-0.2, 0) is 21.0 Å². The second kappa shape index (κ2) is 6.44. The number of carbonyl (C=O) groups excluding carboxylic acids is 1. The molecule has 1 aromatic carbocycles. The van der Waals surface area contributed by atoms with Gasteiger partial charge >= 0.3 is 5.97 Å². The van der Waals surface area contributed by atoms with E-state index in [0.29, 0.717) is 0 Å². The number of carboxylic acid groups (broad SMARTS) is 1. The minimum Gasteiger partial charge on any atom is -0.500 e. The highest BCUT2D eigenvalue weighted by molar-refractivity contribution is 5.79. The molecule has 1 aromatic rings. The number of carbonyl (C=O) groups is 1. The summed E-state index contributed by atoms with van der Waals surface area (Å²) in [5.41, 5.74) is 2.89. The average molecular weight is 237 g/mol. The van der Waals surface area contributed by atoms with Crippen LogP contribution in [0.2, 0.25) is 0 Å². The quantitative estimate of drug-likeness (QED) is 0.377. The van der Waals surface area contributed by atoms with Gasteiger partial charge in [0.25, 0.3) is 0 Å². The molecule has 0 bridgehead atoms. The predicted octanol–water partition coefficient (Wildman–Crippen LogP) is 0.434. The Bertz CT molecular complexity index is 425. The lowest BCUT2D eigenvalue weighted by molar-refractivity contribution is -0.144. The number of hydroxylamine groups is 1. The number of hydrogen-bond acceptors (Lipinski definition) is 5. The summed E-state index contributed by atoms with van der Waals surface area (Å²) >= 11 is 0. The van der Waals surface area contributed by atoms with E-state index in [0.717, 1.165) is 11.5 Å². The topological polar surface area (TPSA) is 95.9 Å². The first kappa shape index (κ1) is 12.9. The summed E-state index contributed by atoms with van der Waals surface area (Å²) in [5.74, 6) is -1.30. The first-order chi connectivity index (χ1) is 8.15. The maximum Gasteiger partial charge on any atom is 0.331 e. The number of aliphatic hydroxyl groups is 1. The lowest BCUT2D eigenvalue weighted by Crippen LogP contribution is -2.38. The van der Waals surface area contributed by atoms with E-state index in [4.69, 9.17) is 15.1 Å². The fraction of sp³-hybridized carbons (Fsp3) is 0.182. The standard InChI is InChI=1S/C11H11NO5/c13-6-9(14)10(11(15)16)12-17-7-8-4-2-1-3-5-8/h1-5,10,12,14H,7H2,(H,15,16)/t10-/m0/s1. The van der Waals surface area contributed by atoms with Crippen molar-refractivity contribution in [3.63, 3.8) is 0 Å². The SMILES string of the molecule is O=C=C(O)[C@H](NOCc1ccccc1)C(=O)O. The van der Waals surface area contributed by atoms with Gasteiger partial charge in [0, 0.05) is 0 Å². The van der Waals surface area contributed by atoms with E-state index in [1.54, 1.807) is 24.3 Å². The van der Waals surface area contributed by atoms with Gasteiger partial charge in [-0.15, -0.1) is 0 Å². The molecule has 17 heavy (non-hydrogen) atoms. The highest BCUT2D eigenvalue weighted by Gasteiger charge is 2.23. The fourth-order valence-electron chi connectivity index (χ4n) is 1.06. The predicted molar refractivity (Wildman–Crippen MR) is 57.6 cm³/mol. The second-order valence-electron chi connectivity index (χ2n) is 3.15. The van der Waals surface area contributed by atoms with E-state index in [2.05, 4.69) is 5.48 Å². The third-order valence-corrected chi connectivity index (χ3v) is 1.91. The molecule has 0 spiro atoms. The van der Waals surface area contributed by atoms with Crippen LogP contribution in [-0.4, -0.2) is 28.2 Å². The van der Waals surface area contributed by atoms with Gasteiger partial charge in [0.05, 0.1) is 6.61 Å². The van der Waals surface area contributed by atoms with Gasteiger partial charge in [-0.3, -0.25) is 4.84 Å². The number of nitrogens with one attached hydrogen (secondary N) is 1. The minimum absolute atomic E-state index is 0.108. The third kappa shape index (κ3) is 4.08. The molecule has 0 radical (unpaired) electrons. The normalized spacial score (nSPS) is 11.5. The molecule has 3 N–H and O–H groups in total. The van der Waals surface area contributed by atoms with Crippen molar-refractivity contribution in [2.45, 2.75) is 12.6 Å². The van der Waals surface area contributed by atoms with Crippen molar-refractivity contribution in [1.82, 2.24) is 5.48 Å². The minimum atomic E-state index is -1.61. The van der Waals surface area contributed by atoms with Crippen LogP contribution in [0.15, 0.2) is 36.1 Å². The molecule has 0 saturated carbocycles. The maximum atomic E-state index is 10.6. The number of rotatable bonds is 6. The lowest BCUT2D eigenvalue weighted by Gasteiger charge is -2.11. The average Bonchev–Trinajstić information content (AvgIpc) is 2.34. The lowest BCUT2D eigenvalue weighted by atomic mass is 10.2. The van der Waals surface area contributed by atoms with Gasteiger partial charge in [0.1, 0.15) is 0 Å². The summed E-state index contributed by atoms with van der Waals surface area (Å²) in [7, 11) is 0. The molecule has 0 aliphatic heterocycles. The van der Waals surface area contributed by atoms with Crippen LogP contribution in [0.1, 0.15) is 5.56 Å². The molecular formula is C11H11NO5. The van der Waals surface area contributed by atoms with Crippen molar-refractivity contribution in [3.05, 3.63) is 41.7 Å². The molecule has 0 amide bonds. The van der Waals surface area contributed by atoms with E-state index in [1.807, 2.05) is 6.07 Å². The number of aliphatic hydroxyl groups excluding tert-OH is 1. The summed E-state index contributed by atoms with van der Waals surface area (Å²) in [4.78, 5) is 25.6. The van der Waals surface area contributed by atoms with Crippen molar-refractivity contribution in [2.24, 2.45) is 0 Å². The van der Waals surface area contributed by atoms with Crippen molar-refractivity contribution in [3.8, 4) is 0 Å². The zero-order valence-electron chi connectivity index (χ0n) is 8.79. The summed E-state index contributed by atoms with van der Waals surface area (Å²) in [6, 6.07) is 7.39. The molecule has 6 nitrogen and oxygen atoms in total. The number of hydrogen-bond donors (Lipinski definition) is 3. The number of aliphatic carboxylic acids is 1. The van der Waals surface area contributed by atoms with E-state index in [9.17, 15) is 9.59 Å². The van der Waals surface area contributed by atoms with Gasteiger partial charge in [0.2, 0.25) is 5.76 Å². The van der Waals surface area contributed by atoms with Crippen LogP contribution < -0.4 is 5.48 Å². The first-order valence-corrected chi connectivity index (χ1v) is 4.73. The Morgan fingerprint density at radius 2 is 2.00 bits per heavy atom. The van der Waals surface area contributed by atoms with Crippen molar-refractivity contribution < 1.29 is 24.6 Å². The molecule has 0 aliphatic rings. The van der Waals surface area contributed by atoms with Crippen molar-refractivity contribution in [1.29, 1.82) is 0 Å². The van der Waals surface area contributed by atoms with Crippen LogP contribution in [0.25, 0.3) is 0 Å². The highest BCUT2D eigenvalue weighted by atomic mass is 16.6. The van der Waals surface area contributed by atoms with Crippen LogP contribution in [0, 0.1) is 0 Å². The molecule has 1 atom stereocenters. The number of carboxylic acids is 1. The van der Waals surface area contributed by atoms with Gasteiger partial charge in [-0.25, -0.2) is 9.59 Å². The van der Waals surface area contributed by atoms with E-state index >= 15 is 0 Å². The molecule has 90 valence electrons. The Morgan fingerprint density at radius 3 is 2.53 bits per heavy atom. The van der Waals surface area contributed by atoms with Crippen molar-refractivity contribution in [2.75, 3.05) is 0 Å². The summed E-state index contributed by atoms with van der Waals surface area (Å²) in [6.45, 7) is 0.108. The Morgan fingerprint density at radius 1 is 1.35 bits per heavy atom. The van der Waals surface area contributed by atoms with E-state index in [1.165, 1.54) is 0 Å². The largest absolute Gasteiger partial charge is 0.500 e. The van der Waals surface area contributed by atoms with Gasteiger partial charge in [-0.1, -0.05) is 30.3 Å². The molecule has 0 aliphatic carbocycles. The van der Waals surface area contributed by atoms with Crippen molar-refractivity contribution >= 4 is 11.9 Å². The molecule has 0 unspecified atom stereocenters.